The molecule has 10 heteroatoms. The fourth-order valence-electron chi connectivity index (χ4n) is 3.95. The van der Waals surface area contributed by atoms with Crippen LogP contribution < -0.4 is 10.6 Å². The molecule has 0 spiro atoms. The molecule has 1 aliphatic heterocycles. The third-order valence-corrected chi connectivity index (χ3v) is 6.24. The van der Waals surface area contributed by atoms with Crippen LogP contribution in [0.4, 0.5) is 0 Å². The van der Waals surface area contributed by atoms with Gasteiger partial charge in [-0.05, 0) is 41.7 Å². The van der Waals surface area contributed by atoms with Gasteiger partial charge in [0.1, 0.15) is 0 Å². The number of rotatable bonds is 11. The van der Waals surface area contributed by atoms with Crippen LogP contribution in [0.2, 0.25) is 10.0 Å². The average Bonchev–Trinajstić information content (AvgIpc) is 3.20. The van der Waals surface area contributed by atoms with Crippen molar-refractivity contribution in [1.29, 1.82) is 0 Å². The number of nitrogens with one attached hydrogen (secondary N) is 2. The van der Waals surface area contributed by atoms with Gasteiger partial charge in [0.25, 0.3) is 5.91 Å². The van der Waals surface area contributed by atoms with Crippen molar-refractivity contribution >= 4 is 41.9 Å². The molecule has 34 heavy (non-hydrogen) atoms. The number of hydrogen-bond donors (Lipinski definition) is 4. The molecule has 1 unspecified atom stereocenters. The van der Waals surface area contributed by atoms with Gasteiger partial charge in [-0.2, -0.15) is 0 Å². The maximum atomic E-state index is 13.4. The summed E-state index contributed by atoms with van der Waals surface area (Å²) in [6.45, 7) is 4.77. The Bertz CT molecular complexity index is 1010. The molecule has 1 heterocycles. The molecule has 0 radical (unpaired) electrons. The van der Waals surface area contributed by atoms with Crippen LogP contribution in [-0.4, -0.2) is 46.9 Å². The largest absolute Gasteiger partial charge is 0.475 e. The van der Waals surface area contributed by atoms with E-state index in [1.54, 1.807) is 18.2 Å². The van der Waals surface area contributed by atoms with E-state index < -0.39 is 24.6 Å². The molecule has 0 aliphatic carbocycles. The lowest BCUT2D eigenvalue weighted by atomic mass is 9.74. The summed E-state index contributed by atoms with van der Waals surface area (Å²) in [5.41, 5.74) is 1.17. The van der Waals surface area contributed by atoms with Crippen LogP contribution in [0.25, 0.3) is 0 Å². The van der Waals surface area contributed by atoms with Crippen LogP contribution in [0.15, 0.2) is 53.7 Å². The number of halogens is 2. The summed E-state index contributed by atoms with van der Waals surface area (Å²) in [6, 6.07) is 14.8. The van der Waals surface area contributed by atoms with E-state index in [9.17, 15) is 14.8 Å². The van der Waals surface area contributed by atoms with E-state index >= 15 is 0 Å². The van der Waals surface area contributed by atoms with E-state index in [0.717, 1.165) is 11.1 Å². The highest BCUT2D eigenvalue weighted by molar-refractivity contribution is 6.43. The summed E-state index contributed by atoms with van der Waals surface area (Å²) in [4.78, 5) is 19.2. The second-order valence-corrected chi connectivity index (χ2v) is 9.89. The highest BCUT2D eigenvalue weighted by Crippen LogP contribution is 2.29. The summed E-state index contributed by atoms with van der Waals surface area (Å²) in [5.74, 6) is -1.07. The number of nitrogens with zero attached hydrogens (tertiary/aromatic N) is 1. The maximum Gasteiger partial charge on any atom is 0.475 e. The van der Waals surface area contributed by atoms with E-state index in [2.05, 4.69) is 15.8 Å². The van der Waals surface area contributed by atoms with Gasteiger partial charge in [0.05, 0.1) is 11.7 Å². The highest BCUT2D eigenvalue weighted by Gasteiger charge is 2.47. The number of benzene rings is 2. The smallest absolute Gasteiger partial charge is 0.426 e. The lowest BCUT2D eigenvalue weighted by Gasteiger charge is -2.29. The SMILES string of the molecule is CC(C)C[C@H](NC(=O)C1(Cc2ccccc2)CC(CNCc2cc(Cl)ccc2Cl)=NO1)B(O)O. The van der Waals surface area contributed by atoms with Gasteiger partial charge >= 0.3 is 7.12 Å². The van der Waals surface area contributed by atoms with Gasteiger partial charge in [0, 0.05) is 36.0 Å². The Morgan fingerprint density at radius 2 is 1.91 bits per heavy atom. The first kappa shape index (κ1) is 26.5. The van der Waals surface area contributed by atoms with Crippen molar-refractivity contribution in [3.63, 3.8) is 0 Å². The molecule has 0 saturated heterocycles. The summed E-state index contributed by atoms with van der Waals surface area (Å²) in [6.07, 6.45) is 0.975. The van der Waals surface area contributed by atoms with Gasteiger partial charge in [-0.15, -0.1) is 0 Å². The van der Waals surface area contributed by atoms with Crippen LogP contribution in [0.1, 0.15) is 37.8 Å². The zero-order chi connectivity index (χ0) is 24.7. The number of carbonyl (C=O) groups is 1. The molecule has 1 amide bonds. The molecule has 3 rings (SSSR count). The minimum Gasteiger partial charge on any atom is -0.426 e. The molecular formula is C24H30BCl2N3O4. The molecule has 2 atom stereocenters. The molecular weight excluding hydrogens is 476 g/mol. The first-order valence-electron chi connectivity index (χ1n) is 11.3. The Hall–Kier alpha value is -2.10. The topological polar surface area (TPSA) is 103 Å². The third kappa shape index (κ3) is 7.20. The second kappa shape index (κ2) is 12.0. The third-order valence-electron chi connectivity index (χ3n) is 5.64. The molecule has 4 N–H and O–H groups in total. The zero-order valence-electron chi connectivity index (χ0n) is 19.3. The van der Waals surface area contributed by atoms with Gasteiger partial charge < -0.3 is 25.5 Å². The standard InChI is InChI=1S/C24H30BCl2N3O4/c1-16(2)10-22(25(32)33)29-23(31)24(12-17-6-4-3-5-7-17)13-20(30-34-24)15-28-14-18-11-19(26)8-9-21(18)27/h3-9,11,16,22,28,32-33H,10,12-15H2,1-2H3,(H,29,31)/t22-,24?/m0/s1. The Balaban J connectivity index is 1.70. The summed E-state index contributed by atoms with van der Waals surface area (Å²) < 4.78 is 0. The molecule has 0 saturated carbocycles. The van der Waals surface area contributed by atoms with Gasteiger partial charge in [-0.25, -0.2) is 0 Å². The van der Waals surface area contributed by atoms with E-state index in [1.165, 1.54) is 0 Å². The van der Waals surface area contributed by atoms with Crippen LogP contribution in [0.3, 0.4) is 0 Å². The number of oxime groups is 1. The summed E-state index contributed by atoms with van der Waals surface area (Å²) in [7, 11) is -1.67. The molecule has 182 valence electrons. The van der Waals surface area contributed by atoms with Crippen LogP contribution in [-0.2, 0) is 22.6 Å². The summed E-state index contributed by atoms with van der Waals surface area (Å²) >= 11 is 12.3. The Morgan fingerprint density at radius 3 is 2.59 bits per heavy atom. The minimum absolute atomic E-state index is 0.163. The molecule has 1 aliphatic rings. The van der Waals surface area contributed by atoms with E-state index in [0.29, 0.717) is 41.7 Å². The van der Waals surface area contributed by atoms with Crippen molar-refractivity contribution in [2.75, 3.05) is 6.54 Å². The van der Waals surface area contributed by atoms with Crippen molar-refractivity contribution in [2.45, 2.75) is 51.2 Å². The predicted octanol–water partition coefficient (Wildman–Crippen LogP) is 3.38. The van der Waals surface area contributed by atoms with Crippen molar-refractivity contribution in [1.82, 2.24) is 10.6 Å². The lowest BCUT2D eigenvalue weighted by molar-refractivity contribution is -0.144. The van der Waals surface area contributed by atoms with E-state index in [-0.39, 0.29) is 12.3 Å². The van der Waals surface area contributed by atoms with E-state index in [1.807, 2.05) is 44.2 Å². The van der Waals surface area contributed by atoms with Gasteiger partial charge in [0.15, 0.2) is 0 Å². The molecule has 0 bridgehead atoms. The van der Waals surface area contributed by atoms with Crippen LogP contribution in [0.5, 0.6) is 0 Å². The van der Waals surface area contributed by atoms with Crippen molar-refractivity contribution in [3.05, 3.63) is 69.7 Å². The van der Waals surface area contributed by atoms with Gasteiger partial charge in [-0.3, -0.25) is 4.79 Å². The van der Waals surface area contributed by atoms with E-state index in [4.69, 9.17) is 28.0 Å². The summed E-state index contributed by atoms with van der Waals surface area (Å²) in [5, 5.41) is 31.0. The van der Waals surface area contributed by atoms with Gasteiger partial charge in [0.2, 0.25) is 5.60 Å². The lowest BCUT2D eigenvalue weighted by Crippen LogP contribution is -2.56. The Kier molecular flexibility index (Phi) is 9.39. The van der Waals surface area contributed by atoms with Crippen molar-refractivity contribution in [3.8, 4) is 0 Å². The van der Waals surface area contributed by atoms with Crippen molar-refractivity contribution in [2.24, 2.45) is 11.1 Å². The molecule has 0 aromatic heterocycles. The predicted molar refractivity (Wildman–Crippen MR) is 136 cm³/mol. The average molecular weight is 506 g/mol. The first-order valence-corrected chi connectivity index (χ1v) is 12.0. The molecule has 7 nitrogen and oxygen atoms in total. The number of carbonyl (C=O) groups excluding carboxylic acids is 1. The highest BCUT2D eigenvalue weighted by atomic mass is 35.5. The van der Waals surface area contributed by atoms with Crippen LogP contribution >= 0.6 is 23.2 Å². The Labute approximate surface area is 210 Å². The Morgan fingerprint density at radius 1 is 1.18 bits per heavy atom. The second-order valence-electron chi connectivity index (χ2n) is 9.04. The number of amides is 1. The quantitative estimate of drug-likeness (QED) is 0.350. The number of hydrogen-bond acceptors (Lipinski definition) is 6. The fourth-order valence-corrected chi connectivity index (χ4v) is 4.33. The maximum absolute atomic E-state index is 13.4. The molecule has 2 aromatic rings. The zero-order valence-corrected chi connectivity index (χ0v) is 20.8. The van der Waals surface area contributed by atoms with Gasteiger partial charge in [-0.1, -0.05) is 72.5 Å². The monoisotopic (exact) mass is 505 g/mol. The molecule has 2 aromatic carbocycles. The minimum atomic E-state index is -1.67. The molecule has 0 fully saturated rings. The van der Waals surface area contributed by atoms with Crippen molar-refractivity contribution < 1.29 is 19.7 Å². The normalized spacial score (nSPS) is 18.4. The fraction of sp³-hybridized carbons (Fsp3) is 0.417. The first-order chi connectivity index (χ1) is 16.2. The van der Waals surface area contributed by atoms with Crippen LogP contribution in [0, 0.1) is 5.92 Å².